The molecule has 3 aromatic rings. The van der Waals surface area contributed by atoms with Crippen molar-refractivity contribution in [3.63, 3.8) is 0 Å². The smallest absolute Gasteiger partial charge is 0.255 e. The minimum absolute atomic E-state index is 0.156. The number of anilines is 1. The van der Waals surface area contributed by atoms with Crippen LogP contribution in [0.15, 0.2) is 54.6 Å². The van der Waals surface area contributed by atoms with Gasteiger partial charge in [0.15, 0.2) is 0 Å². The summed E-state index contributed by atoms with van der Waals surface area (Å²) < 4.78 is 2.24. The molecule has 1 amide bonds. The molecule has 1 aliphatic heterocycles. The van der Waals surface area contributed by atoms with Crippen molar-refractivity contribution in [1.82, 2.24) is 9.47 Å². The third kappa shape index (κ3) is 3.87. The van der Waals surface area contributed by atoms with E-state index in [1.807, 2.05) is 11.0 Å². The van der Waals surface area contributed by atoms with E-state index in [-0.39, 0.29) is 5.91 Å². The van der Waals surface area contributed by atoms with Crippen LogP contribution in [-0.2, 0) is 6.54 Å². The van der Waals surface area contributed by atoms with Crippen molar-refractivity contribution in [2.45, 2.75) is 34.2 Å². The molecule has 0 saturated carbocycles. The van der Waals surface area contributed by atoms with E-state index in [9.17, 15) is 4.79 Å². The molecule has 4 nitrogen and oxygen atoms in total. The first-order valence-corrected chi connectivity index (χ1v) is 10.8. The Labute approximate surface area is 179 Å². The molecule has 0 radical (unpaired) electrons. The Morgan fingerprint density at radius 2 is 1.57 bits per heavy atom. The second-order valence-electron chi connectivity index (χ2n) is 8.35. The normalized spacial score (nSPS) is 14.3. The summed E-state index contributed by atoms with van der Waals surface area (Å²) in [4.78, 5) is 17.7. The zero-order chi connectivity index (χ0) is 21.3. The van der Waals surface area contributed by atoms with Crippen molar-refractivity contribution in [3.05, 3.63) is 88.2 Å². The maximum absolute atomic E-state index is 13.3. The maximum atomic E-state index is 13.3. The van der Waals surface area contributed by atoms with Gasteiger partial charge in [-0.3, -0.25) is 4.79 Å². The molecule has 4 rings (SSSR count). The first kappa shape index (κ1) is 20.3. The van der Waals surface area contributed by atoms with E-state index in [1.165, 1.54) is 22.4 Å². The van der Waals surface area contributed by atoms with Gasteiger partial charge in [-0.25, -0.2) is 0 Å². The Morgan fingerprint density at radius 1 is 0.867 bits per heavy atom. The number of aryl methyl sites for hydroxylation is 2. The van der Waals surface area contributed by atoms with Gasteiger partial charge in [0, 0.05) is 49.8 Å². The number of nitrogens with zero attached hydrogens (tertiary/aromatic N) is 3. The molecule has 0 N–H and O–H groups in total. The van der Waals surface area contributed by atoms with Gasteiger partial charge in [0.05, 0.1) is 5.56 Å². The molecule has 0 aliphatic carbocycles. The summed E-state index contributed by atoms with van der Waals surface area (Å²) in [6.45, 7) is 12.6. The minimum Gasteiger partial charge on any atom is -0.368 e. The van der Waals surface area contributed by atoms with Crippen LogP contribution in [0.5, 0.6) is 0 Å². The summed E-state index contributed by atoms with van der Waals surface area (Å²) in [5.41, 5.74) is 8.22. The molecule has 30 heavy (non-hydrogen) atoms. The van der Waals surface area contributed by atoms with Gasteiger partial charge in [0.25, 0.3) is 5.91 Å². The first-order chi connectivity index (χ1) is 14.5. The van der Waals surface area contributed by atoms with E-state index in [0.29, 0.717) is 0 Å². The second-order valence-corrected chi connectivity index (χ2v) is 8.35. The van der Waals surface area contributed by atoms with Crippen LogP contribution >= 0.6 is 0 Å². The number of benzene rings is 2. The Hall–Kier alpha value is -3.01. The fourth-order valence-electron chi connectivity index (χ4n) is 4.43. The molecule has 0 unspecified atom stereocenters. The van der Waals surface area contributed by atoms with E-state index in [2.05, 4.69) is 85.7 Å². The van der Waals surface area contributed by atoms with Gasteiger partial charge >= 0.3 is 0 Å². The molecule has 0 bridgehead atoms. The van der Waals surface area contributed by atoms with Gasteiger partial charge in [0.1, 0.15) is 0 Å². The summed E-state index contributed by atoms with van der Waals surface area (Å²) in [5.74, 6) is 0.156. The average Bonchev–Trinajstić information content (AvgIpc) is 3.04. The highest BCUT2D eigenvalue weighted by Gasteiger charge is 2.26. The van der Waals surface area contributed by atoms with E-state index < -0.39 is 0 Å². The molecule has 2 aromatic carbocycles. The standard InChI is InChI=1S/C26H31N3O/c1-19-9-8-12-25(21(19)3)27-13-15-28(16-14-27)26(30)24-17-20(2)29(22(24)4)18-23-10-6-5-7-11-23/h5-12,17H,13-16,18H2,1-4H3. The van der Waals surface area contributed by atoms with Crippen molar-refractivity contribution in [2.75, 3.05) is 31.1 Å². The van der Waals surface area contributed by atoms with Gasteiger partial charge in [-0.1, -0.05) is 42.5 Å². The van der Waals surface area contributed by atoms with E-state index in [1.54, 1.807) is 0 Å². The SMILES string of the molecule is Cc1cccc(N2CCN(C(=O)c3cc(C)n(Cc4ccccc4)c3C)CC2)c1C. The number of aromatic nitrogens is 1. The van der Waals surface area contributed by atoms with Gasteiger partial charge < -0.3 is 14.4 Å². The third-order valence-corrected chi connectivity index (χ3v) is 6.47. The number of amides is 1. The molecule has 1 fully saturated rings. The van der Waals surface area contributed by atoms with Crippen molar-refractivity contribution >= 4 is 11.6 Å². The van der Waals surface area contributed by atoms with Crippen molar-refractivity contribution < 1.29 is 4.79 Å². The Kier molecular flexibility index (Phi) is 5.67. The number of rotatable bonds is 4. The molecule has 0 atom stereocenters. The summed E-state index contributed by atoms with van der Waals surface area (Å²) in [6, 6.07) is 18.9. The molecule has 1 aliphatic rings. The number of piperazine rings is 1. The predicted molar refractivity (Wildman–Crippen MR) is 123 cm³/mol. The predicted octanol–water partition coefficient (Wildman–Crippen LogP) is 4.73. The zero-order valence-corrected chi connectivity index (χ0v) is 18.5. The number of hydrogen-bond acceptors (Lipinski definition) is 2. The summed E-state index contributed by atoms with van der Waals surface area (Å²) in [6.07, 6.45) is 0. The molecule has 1 saturated heterocycles. The Bertz CT molecular complexity index is 1040. The van der Waals surface area contributed by atoms with E-state index in [4.69, 9.17) is 0 Å². The fourth-order valence-corrected chi connectivity index (χ4v) is 4.43. The Balaban J connectivity index is 1.47. The molecular formula is C26H31N3O. The largest absolute Gasteiger partial charge is 0.368 e. The molecule has 2 heterocycles. The highest BCUT2D eigenvalue weighted by atomic mass is 16.2. The third-order valence-electron chi connectivity index (χ3n) is 6.47. The summed E-state index contributed by atoms with van der Waals surface area (Å²) in [7, 11) is 0. The average molecular weight is 402 g/mol. The van der Waals surface area contributed by atoms with Crippen LogP contribution in [0.4, 0.5) is 5.69 Å². The molecular weight excluding hydrogens is 370 g/mol. The van der Waals surface area contributed by atoms with Crippen LogP contribution in [0.25, 0.3) is 0 Å². The van der Waals surface area contributed by atoms with Crippen LogP contribution in [0.3, 0.4) is 0 Å². The van der Waals surface area contributed by atoms with Crippen LogP contribution in [0.2, 0.25) is 0 Å². The van der Waals surface area contributed by atoms with Crippen molar-refractivity contribution in [3.8, 4) is 0 Å². The zero-order valence-electron chi connectivity index (χ0n) is 18.5. The maximum Gasteiger partial charge on any atom is 0.255 e. The van der Waals surface area contributed by atoms with Gasteiger partial charge in [0.2, 0.25) is 0 Å². The minimum atomic E-state index is 0.156. The lowest BCUT2D eigenvalue weighted by atomic mass is 10.1. The lowest BCUT2D eigenvalue weighted by Gasteiger charge is -2.37. The fraction of sp³-hybridized carbons (Fsp3) is 0.346. The molecule has 4 heteroatoms. The van der Waals surface area contributed by atoms with Crippen LogP contribution in [0.1, 0.15) is 38.4 Å². The van der Waals surface area contributed by atoms with E-state index >= 15 is 0 Å². The first-order valence-electron chi connectivity index (χ1n) is 10.8. The van der Waals surface area contributed by atoms with Gasteiger partial charge in [-0.05, 0) is 56.5 Å². The monoisotopic (exact) mass is 401 g/mol. The van der Waals surface area contributed by atoms with E-state index in [0.717, 1.165) is 49.7 Å². The molecule has 156 valence electrons. The summed E-state index contributed by atoms with van der Waals surface area (Å²) in [5, 5.41) is 0. The van der Waals surface area contributed by atoms with Crippen molar-refractivity contribution in [2.24, 2.45) is 0 Å². The van der Waals surface area contributed by atoms with Gasteiger partial charge in [-0.15, -0.1) is 0 Å². The molecule has 0 spiro atoms. The van der Waals surface area contributed by atoms with Crippen LogP contribution < -0.4 is 4.90 Å². The van der Waals surface area contributed by atoms with Crippen molar-refractivity contribution in [1.29, 1.82) is 0 Å². The lowest BCUT2D eigenvalue weighted by Crippen LogP contribution is -2.49. The second kappa shape index (κ2) is 8.39. The topological polar surface area (TPSA) is 28.5 Å². The Morgan fingerprint density at radius 3 is 2.27 bits per heavy atom. The number of hydrogen-bond donors (Lipinski definition) is 0. The van der Waals surface area contributed by atoms with Crippen LogP contribution in [-0.4, -0.2) is 41.6 Å². The quantitative estimate of drug-likeness (QED) is 0.632. The number of carbonyl (C=O) groups excluding carboxylic acids is 1. The van der Waals surface area contributed by atoms with Gasteiger partial charge in [-0.2, -0.15) is 0 Å². The number of carbonyl (C=O) groups is 1. The molecule has 1 aromatic heterocycles. The highest BCUT2D eigenvalue weighted by Crippen LogP contribution is 2.25. The highest BCUT2D eigenvalue weighted by molar-refractivity contribution is 5.96. The lowest BCUT2D eigenvalue weighted by molar-refractivity contribution is 0.0746. The van der Waals surface area contributed by atoms with Crippen LogP contribution in [0, 0.1) is 27.7 Å². The summed E-state index contributed by atoms with van der Waals surface area (Å²) >= 11 is 0.